The minimum atomic E-state index is -0.722. The first-order chi connectivity index (χ1) is 28.7. The number of benzene rings is 4. The second kappa shape index (κ2) is 17.2. The highest BCUT2D eigenvalue weighted by Gasteiger charge is 2.51. The highest BCUT2D eigenvalue weighted by atomic mass is 35.5. The molecule has 4 heterocycles. The van der Waals surface area contributed by atoms with Crippen molar-refractivity contribution in [3.63, 3.8) is 0 Å². The molecule has 3 aliphatic rings. The number of aliphatic imine (C=N–C) groups is 1. The summed E-state index contributed by atoms with van der Waals surface area (Å²) in [7, 11) is 0. The highest BCUT2D eigenvalue weighted by molar-refractivity contribution is 6.29. The number of hydrogen-bond acceptors (Lipinski definition) is 9. The number of fused-ring (bicyclic) bond motifs is 2. The van der Waals surface area contributed by atoms with Crippen LogP contribution in [-0.4, -0.2) is 54.6 Å². The van der Waals surface area contributed by atoms with Gasteiger partial charge in [-0.25, -0.2) is 19.9 Å². The van der Waals surface area contributed by atoms with E-state index in [-0.39, 0.29) is 24.2 Å². The first-order valence-corrected chi connectivity index (χ1v) is 20.3. The molecule has 0 bridgehead atoms. The number of allylic oxidation sites excluding steroid dienone is 1. The zero-order valence-corrected chi connectivity index (χ0v) is 34.5. The summed E-state index contributed by atoms with van der Waals surface area (Å²) in [5, 5.41) is 8.03. The zero-order chi connectivity index (χ0) is 40.9. The van der Waals surface area contributed by atoms with E-state index in [1.165, 1.54) is 11.9 Å². The molecule has 2 atom stereocenters. The summed E-state index contributed by atoms with van der Waals surface area (Å²) in [4.78, 5) is 21.8. The lowest BCUT2D eigenvalue weighted by atomic mass is 9.75. The van der Waals surface area contributed by atoms with Crippen molar-refractivity contribution in [3.05, 3.63) is 208 Å². The van der Waals surface area contributed by atoms with Gasteiger partial charge in [0.25, 0.3) is 0 Å². The van der Waals surface area contributed by atoms with Gasteiger partial charge in [-0.3, -0.25) is 10.0 Å². The second-order valence-electron chi connectivity index (χ2n) is 15.2. The smallest absolute Gasteiger partial charge is 0.133 e. The summed E-state index contributed by atoms with van der Waals surface area (Å²) in [5.41, 5.74) is 9.24. The maximum Gasteiger partial charge on any atom is 0.133 e. The van der Waals surface area contributed by atoms with E-state index < -0.39 is 5.54 Å². The van der Waals surface area contributed by atoms with E-state index in [0.29, 0.717) is 17.4 Å². The normalized spacial score (nSPS) is 16.7. The van der Waals surface area contributed by atoms with Crippen LogP contribution in [-0.2, 0) is 16.8 Å². The van der Waals surface area contributed by atoms with E-state index in [9.17, 15) is 0 Å². The molecule has 9 rings (SSSR count). The van der Waals surface area contributed by atoms with E-state index >= 15 is 0 Å². The molecule has 0 saturated heterocycles. The fourth-order valence-corrected chi connectivity index (χ4v) is 8.11. The van der Waals surface area contributed by atoms with Crippen LogP contribution in [0.5, 0.6) is 5.75 Å². The van der Waals surface area contributed by atoms with E-state index in [1.54, 1.807) is 12.4 Å². The van der Waals surface area contributed by atoms with Gasteiger partial charge in [0.15, 0.2) is 0 Å². The number of aromatic nitrogens is 4. The quantitative estimate of drug-likeness (QED) is 0.101. The Balaban J connectivity index is 0.000000203. The predicted molar refractivity (Wildman–Crippen MR) is 234 cm³/mol. The van der Waals surface area contributed by atoms with Crippen molar-refractivity contribution in [2.24, 2.45) is 16.0 Å². The van der Waals surface area contributed by atoms with Crippen molar-refractivity contribution in [2.75, 3.05) is 0 Å². The maximum atomic E-state index is 6.34. The van der Waals surface area contributed by atoms with Crippen LogP contribution in [0, 0.1) is 12.8 Å². The Morgan fingerprint density at radius 3 is 1.90 bits per heavy atom. The molecule has 59 heavy (non-hydrogen) atoms. The van der Waals surface area contributed by atoms with Crippen LogP contribution in [0.25, 0.3) is 0 Å². The molecule has 0 saturated carbocycles. The molecule has 0 amide bonds. The summed E-state index contributed by atoms with van der Waals surface area (Å²) in [6, 6.07) is 41.5. The Bertz CT molecular complexity index is 2440. The summed E-state index contributed by atoms with van der Waals surface area (Å²) >= 11 is 6.34. The topological polar surface area (TPSA) is 98.0 Å². The van der Waals surface area contributed by atoms with Gasteiger partial charge in [0.1, 0.15) is 34.9 Å². The third-order valence-electron chi connectivity index (χ3n) is 10.3. The third kappa shape index (κ3) is 8.16. The van der Waals surface area contributed by atoms with Gasteiger partial charge < -0.3 is 9.47 Å². The molecule has 2 unspecified atom stereocenters. The molecule has 0 fully saturated rings. The van der Waals surface area contributed by atoms with Crippen molar-refractivity contribution in [2.45, 2.75) is 65.0 Å². The van der Waals surface area contributed by atoms with Crippen LogP contribution in [0.15, 0.2) is 168 Å². The van der Waals surface area contributed by atoms with Crippen molar-refractivity contribution in [1.29, 1.82) is 0 Å². The third-order valence-corrected chi connectivity index (χ3v) is 10.5. The monoisotopic (exact) mass is 799 g/mol. The summed E-state index contributed by atoms with van der Waals surface area (Å²) in [5.74, 6) is 1.59. The SMILES string of the molecule is CC(C)OC1=CC2C(c3cc(Cl)ncn3)=NN(C(c3ccccc3)(c3ccccc3)c3ccccc3)C2C=C1.Cc1cc(C2=NCc3ccc(OC(C)C)cc32)ncn1. The molecule has 2 aliphatic heterocycles. The number of hydrogen-bond donors (Lipinski definition) is 0. The number of hydrazone groups is 1. The minimum Gasteiger partial charge on any atom is -0.491 e. The van der Waals surface area contributed by atoms with E-state index in [1.807, 2.05) is 65.0 Å². The maximum absolute atomic E-state index is 6.34. The lowest BCUT2D eigenvalue weighted by Crippen LogP contribution is -2.49. The van der Waals surface area contributed by atoms with Crippen molar-refractivity contribution in [3.8, 4) is 5.75 Å². The largest absolute Gasteiger partial charge is 0.491 e. The first kappa shape index (κ1) is 39.4. The molecule has 9 nitrogen and oxygen atoms in total. The number of ether oxygens (including phenoxy) is 2. The molecule has 1 aliphatic carbocycles. The van der Waals surface area contributed by atoms with Gasteiger partial charge in [0, 0.05) is 17.3 Å². The fourth-order valence-electron chi connectivity index (χ4n) is 7.96. The summed E-state index contributed by atoms with van der Waals surface area (Å²) in [6.45, 7) is 10.8. The zero-order valence-electron chi connectivity index (χ0n) is 33.8. The van der Waals surface area contributed by atoms with Gasteiger partial charge in [-0.05, 0) is 87.2 Å². The second-order valence-corrected chi connectivity index (χ2v) is 15.6. The van der Waals surface area contributed by atoms with Gasteiger partial charge in [-0.2, -0.15) is 5.10 Å². The lowest BCUT2D eigenvalue weighted by molar-refractivity contribution is 0.126. The van der Waals surface area contributed by atoms with Crippen molar-refractivity contribution < 1.29 is 9.47 Å². The Morgan fingerprint density at radius 1 is 0.695 bits per heavy atom. The molecule has 10 heteroatoms. The van der Waals surface area contributed by atoms with Crippen LogP contribution in [0.1, 0.15) is 72.6 Å². The lowest BCUT2D eigenvalue weighted by Gasteiger charge is -2.45. The molecule has 296 valence electrons. The van der Waals surface area contributed by atoms with Crippen LogP contribution < -0.4 is 4.74 Å². The standard InChI is InChI=1S/C33H29ClN4O.C16H17N3O/c1-23(2)39-27-18-19-30-28(20-27)32(29-21-31(34)36-22-35-29)37-38(30)33(24-12-6-3-7-13-24,25-14-8-4-9-15-25)26-16-10-5-11-17-26;1-10(2)20-13-5-4-12-8-17-16(14(12)7-13)15-6-11(3)18-9-19-15/h3-23,28,30H,1-2H3;4-7,9-10H,8H2,1-3H3. The molecule has 0 radical (unpaired) electrons. The number of rotatable bonds is 10. The van der Waals surface area contributed by atoms with Crippen LogP contribution in [0.3, 0.4) is 0 Å². The van der Waals surface area contributed by atoms with Gasteiger partial charge in [0.2, 0.25) is 0 Å². The van der Waals surface area contributed by atoms with E-state index in [0.717, 1.165) is 56.6 Å². The van der Waals surface area contributed by atoms with Crippen LogP contribution in [0.4, 0.5) is 0 Å². The Labute approximate surface area is 350 Å². The highest BCUT2D eigenvalue weighted by Crippen LogP contribution is 2.48. The van der Waals surface area contributed by atoms with Crippen LogP contribution >= 0.6 is 11.6 Å². The predicted octanol–water partition coefficient (Wildman–Crippen LogP) is 9.93. The summed E-state index contributed by atoms with van der Waals surface area (Å²) in [6.07, 6.45) is 9.71. The molecule has 4 aromatic carbocycles. The average Bonchev–Trinajstić information content (AvgIpc) is 3.84. The Morgan fingerprint density at radius 2 is 1.31 bits per heavy atom. The Kier molecular flexibility index (Phi) is 11.5. The first-order valence-electron chi connectivity index (χ1n) is 19.9. The fraction of sp³-hybridized carbons (Fsp3) is 0.224. The molecular weight excluding hydrogens is 754 g/mol. The van der Waals surface area contributed by atoms with Gasteiger partial charge in [-0.15, -0.1) is 0 Å². The summed E-state index contributed by atoms with van der Waals surface area (Å²) < 4.78 is 11.9. The molecule has 0 spiro atoms. The van der Waals surface area contributed by atoms with Gasteiger partial charge in [0.05, 0.1) is 53.5 Å². The number of halogens is 1. The molecule has 6 aromatic rings. The van der Waals surface area contributed by atoms with Gasteiger partial charge >= 0.3 is 0 Å². The number of aryl methyl sites for hydroxylation is 1. The van der Waals surface area contributed by atoms with Crippen molar-refractivity contribution in [1.82, 2.24) is 24.9 Å². The van der Waals surface area contributed by atoms with Crippen LogP contribution in [0.2, 0.25) is 5.15 Å². The molecule has 2 aromatic heterocycles. The van der Waals surface area contributed by atoms with E-state index in [2.05, 4.69) is 133 Å². The van der Waals surface area contributed by atoms with E-state index in [4.69, 9.17) is 26.2 Å². The number of nitrogens with zero attached hydrogens (tertiary/aromatic N) is 7. The van der Waals surface area contributed by atoms with Crippen molar-refractivity contribution >= 4 is 23.0 Å². The Hall–Kier alpha value is -6.45. The average molecular weight is 800 g/mol. The van der Waals surface area contributed by atoms with Gasteiger partial charge in [-0.1, -0.05) is 115 Å². The molecule has 0 N–H and O–H groups in total. The minimum absolute atomic E-state index is 0.0564. The molecular formula is C49H46ClN7O2.